The average molecular weight is 479 g/mol. The third-order valence-corrected chi connectivity index (χ3v) is 5.86. The normalized spacial score (nSPS) is 12.1. The molecule has 0 aliphatic rings. The number of carbonyl (C=O) groups is 1. The van der Waals surface area contributed by atoms with Gasteiger partial charge in [-0.25, -0.2) is 13.2 Å². The molecule has 33 heavy (non-hydrogen) atoms. The summed E-state index contributed by atoms with van der Waals surface area (Å²) in [5.41, 5.74) is -0.426. The van der Waals surface area contributed by atoms with Gasteiger partial charge >= 0.3 is 0 Å². The molecule has 1 unspecified atom stereocenters. The summed E-state index contributed by atoms with van der Waals surface area (Å²) in [4.78, 5) is 12.6. The summed E-state index contributed by atoms with van der Waals surface area (Å²) in [6.45, 7) is 6.65. The summed E-state index contributed by atoms with van der Waals surface area (Å²) in [6.07, 6.45) is 0.866. The molecule has 10 heteroatoms. The van der Waals surface area contributed by atoms with Gasteiger partial charge in [-0.05, 0) is 43.5 Å². The molecule has 176 valence electrons. The number of nitrogens with zero attached hydrogens (tertiary/aromatic N) is 3. The quantitative estimate of drug-likeness (QED) is 0.310. The predicted molar refractivity (Wildman–Crippen MR) is 121 cm³/mol. The van der Waals surface area contributed by atoms with E-state index in [2.05, 4.69) is 29.4 Å². The van der Waals surface area contributed by atoms with Crippen LogP contribution in [0.25, 0.3) is 0 Å². The number of amides is 1. The average Bonchev–Trinajstić information content (AvgIpc) is 3.18. The third kappa shape index (κ3) is 6.50. The molecule has 1 atom stereocenters. The second kappa shape index (κ2) is 11.2. The van der Waals surface area contributed by atoms with Crippen LogP contribution in [0.2, 0.25) is 0 Å². The van der Waals surface area contributed by atoms with Crippen molar-refractivity contribution in [2.45, 2.75) is 50.8 Å². The van der Waals surface area contributed by atoms with Crippen molar-refractivity contribution in [3.05, 3.63) is 65.7 Å². The van der Waals surface area contributed by atoms with E-state index >= 15 is 0 Å². The van der Waals surface area contributed by atoms with Gasteiger partial charge in [-0.1, -0.05) is 43.8 Å². The highest BCUT2D eigenvalue weighted by atomic mass is 32.2. The first-order chi connectivity index (χ1) is 15.8. The molecule has 1 amide bonds. The van der Waals surface area contributed by atoms with E-state index in [0.717, 1.165) is 30.3 Å². The van der Waals surface area contributed by atoms with Crippen LogP contribution in [0.1, 0.15) is 33.0 Å². The van der Waals surface area contributed by atoms with Crippen molar-refractivity contribution in [1.29, 1.82) is 0 Å². The summed E-state index contributed by atoms with van der Waals surface area (Å²) in [5, 5.41) is 10.5. The minimum absolute atomic E-state index is 0.205. The maximum atomic E-state index is 13.9. The van der Waals surface area contributed by atoms with E-state index in [4.69, 9.17) is 4.74 Å². The van der Waals surface area contributed by atoms with Crippen molar-refractivity contribution in [2.75, 3.05) is 5.32 Å². The van der Waals surface area contributed by atoms with Crippen LogP contribution in [0.15, 0.2) is 47.6 Å². The Morgan fingerprint density at radius 1 is 1.06 bits per heavy atom. The van der Waals surface area contributed by atoms with Gasteiger partial charge in [0, 0.05) is 6.54 Å². The first-order valence-corrected chi connectivity index (χ1v) is 11.3. The lowest BCUT2D eigenvalue weighted by Crippen LogP contribution is -2.24. The summed E-state index contributed by atoms with van der Waals surface area (Å²) < 4.78 is 48.2. The highest BCUT2D eigenvalue weighted by molar-refractivity contribution is 8.00. The van der Waals surface area contributed by atoms with Crippen LogP contribution in [0.3, 0.4) is 0 Å². The molecule has 1 aromatic heterocycles. The monoisotopic (exact) mass is 478 g/mol. The van der Waals surface area contributed by atoms with Gasteiger partial charge in [0.1, 0.15) is 12.4 Å². The number of thioether (sulfide) groups is 1. The largest absolute Gasteiger partial charge is 0.486 e. The van der Waals surface area contributed by atoms with Crippen LogP contribution in [-0.2, 0) is 17.9 Å². The van der Waals surface area contributed by atoms with Crippen molar-refractivity contribution >= 4 is 23.4 Å². The Bertz CT molecular complexity index is 1090. The Balaban J connectivity index is 1.72. The summed E-state index contributed by atoms with van der Waals surface area (Å²) in [7, 11) is 0. The molecule has 0 saturated heterocycles. The number of carbonyl (C=O) groups excluding carboxylic acids is 1. The zero-order valence-electron chi connectivity index (χ0n) is 18.5. The number of halogens is 3. The second-order valence-electron chi connectivity index (χ2n) is 7.81. The Kier molecular flexibility index (Phi) is 8.37. The number of nitrogens with one attached hydrogen (secondary N) is 1. The number of para-hydroxylation sites is 1. The number of ether oxygens (including phenoxy) is 1. The van der Waals surface area contributed by atoms with Crippen LogP contribution in [0.4, 0.5) is 18.9 Å². The number of benzene rings is 2. The molecule has 1 heterocycles. The zero-order valence-corrected chi connectivity index (χ0v) is 19.3. The molecule has 6 nitrogen and oxygen atoms in total. The zero-order chi connectivity index (χ0) is 24.0. The molecule has 3 aromatic rings. The van der Waals surface area contributed by atoms with Crippen LogP contribution in [-0.4, -0.2) is 25.9 Å². The van der Waals surface area contributed by atoms with Crippen molar-refractivity contribution in [3.8, 4) is 5.75 Å². The highest BCUT2D eigenvalue weighted by Gasteiger charge is 2.23. The van der Waals surface area contributed by atoms with Crippen LogP contribution in [0, 0.1) is 23.4 Å². The minimum atomic E-state index is -1.63. The van der Waals surface area contributed by atoms with Crippen LogP contribution < -0.4 is 10.1 Å². The maximum absolute atomic E-state index is 13.9. The molecule has 0 aliphatic carbocycles. The Morgan fingerprint density at radius 2 is 1.79 bits per heavy atom. The topological polar surface area (TPSA) is 69.0 Å². The van der Waals surface area contributed by atoms with E-state index in [-0.39, 0.29) is 6.61 Å². The lowest BCUT2D eigenvalue weighted by molar-refractivity contribution is -0.115. The fourth-order valence-corrected chi connectivity index (χ4v) is 3.75. The predicted octanol–water partition coefficient (Wildman–Crippen LogP) is 5.44. The van der Waals surface area contributed by atoms with Crippen molar-refractivity contribution in [3.63, 3.8) is 0 Å². The molecular formula is C23H25F3N4O2S. The van der Waals surface area contributed by atoms with Crippen molar-refractivity contribution < 1.29 is 22.7 Å². The summed E-state index contributed by atoms with van der Waals surface area (Å²) in [5.74, 6) is -3.23. The van der Waals surface area contributed by atoms with E-state index in [0.29, 0.717) is 29.2 Å². The fourth-order valence-electron chi connectivity index (χ4n) is 2.86. The molecule has 0 radical (unpaired) electrons. The van der Waals surface area contributed by atoms with Gasteiger partial charge in [0.15, 0.2) is 28.4 Å². The van der Waals surface area contributed by atoms with Gasteiger partial charge in [0.05, 0.1) is 10.9 Å². The van der Waals surface area contributed by atoms with Gasteiger partial charge in [-0.2, -0.15) is 0 Å². The standard InChI is InChI=1S/C23H25F3N4O2S/c1-14(2)11-12-30-19(13-32-16-7-5-4-6-8-16)28-29-23(30)33-15(3)22(31)27-18-10-9-17(24)20(25)21(18)26/h4-10,14-15H,11-13H2,1-3H3,(H,27,31). The van der Waals surface area contributed by atoms with E-state index in [1.807, 2.05) is 34.9 Å². The van der Waals surface area contributed by atoms with Gasteiger partial charge in [0.2, 0.25) is 5.91 Å². The maximum Gasteiger partial charge on any atom is 0.237 e. The van der Waals surface area contributed by atoms with Crippen LogP contribution in [0.5, 0.6) is 5.75 Å². The van der Waals surface area contributed by atoms with Crippen molar-refractivity contribution in [2.24, 2.45) is 5.92 Å². The molecule has 3 rings (SSSR count). The van der Waals surface area contributed by atoms with E-state index in [1.54, 1.807) is 6.92 Å². The SMILES string of the molecule is CC(C)CCn1c(COc2ccccc2)nnc1SC(C)C(=O)Nc1ccc(F)c(F)c1F. The van der Waals surface area contributed by atoms with Gasteiger partial charge in [-0.15, -0.1) is 10.2 Å². The highest BCUT2D eigenvalue weighted by Crippen LogP contribution is 2.26. The fraction of sp³-hybridized carbons (Fsp3) is 0.348. The smallest absolute Gasteiger partial charge is 0.237 e. The van der Waals surface area contributed by atoms with Crippen LogP contribution >= 0.6 is 11.8 Å². The molecule has 2 aromatic carbocycles. The molecule has 0 fully saturated rings. The Hall–Kier alpha value is -3.01. The number of hydrogen-bond donors (Lipinski definition) is 1. The molecule has 0 spiro atoms. The van der Waals surface area contributed by atoms with E-state index in [1.165, 1.54) is 0 Å². The number of anilines is 1. The lowest BCUT2D eigenvalue weighted by Gasteiger charge is -2.15. The van der Waals surface area contributed by atoms with Gasteiger partial charge in [0.25, 0.3) is 0 Å². The summed E-state index contributed by atoms with van der Waals surface area (Å²) >= 11 is 1.14. The Labute approximate surface area is 194 Å². The molecule has 1 N–H and O–H groups in total. The summed E-state index contributed by atoms with van der Waals surface area (Å²) in [6, 6.07) is 11.1. The molecular weight excluding hydrogens is 453 g/mol. The number of rotatable bonds is 10. The molecule has 0 bridgehead atoms. The molecule has 0 saturated carbocycles. The van der Waals surface area contributed by atoms with Gasteiger partial charge in [-0.3, -0.25) is 4.79 Å². The number of hydrogen-bond acceptors (Lipinski definition) is 5. The molecule has 0 aliphatic heterocycles. The lowest BCUT2D eigenvalue weighted by atomic mass is 10.1. The third-order valence-electron chi connectivity index (χ3n) is 4.78. The minimum Gasteiger partial charge on any atom is -0.486 e. The second-order valence-corrected chi connectivity index (χ2v) is 9.11. The first-order valence-electron chi connectivity index (χ1n) is 10.5. The van der Waals surface area contributed by atoms with Crippen molar-refractivity contribution in [1.82, 2.24) is 14.8 Å². The first kappa shape index (κ1) is 24.6. The Morgan fingerprint density at radius 3 is 2.48 bits per heavy atom. The van der Waals surface area contributed by atoms with Gasteiger partial charge < -0.3 is 14.6 Å². The van der Waals surface area contributed by atoms with E-state index < -0.39 is 34.3 Å². The van der Waals surface area contributed by atoms with E-state index in [9.17, 15) is 18.0 Å². The number of aromatic nitrogens is 3.